The molecule has 1 rings (SSSR count). The van der Waals surface area contributed by atoms with Crippen LogP contribution in [0.1, 0.15) is 13.8 Å². The van der Waals surface area contributed by atoms with Crippen LogP contribution in [0.25, 0.3) is 0 Å². The van der Waals surface area contributed by atoms with Crippen LogP contribution in [0.15, 0.2) is 27.6 Å². The molecule has 0 saturated carbocycles. The van der Waals surface area contributed by atoms with E-state index >= 15 is 0 Å². The van der Waals surface area contributed by atoms with E-state index in [0.29, 0.717) is 9.50 Å². The van der Waals surface area contributed by atoms with Gasteiger partial charge in [-0.15, -0.1) is 0 Å². The molecule has 0 bridgehead atoms. The van der Waals surface area contributed by atoms with Gasteiger partial charge in [-0.1, -0.05) is 25.4 Å². The second kappa shape index (κ2) is 6.89. The van der Waals surface area contributed by atoms with Gasteiger partial charge in [0.2, 0.25) is 10.0 Å². The monoisotopic (exact) mass is 383 g/mol. The molecule has 0 spiro atoms. The Hall–Kier alpha value is -0.630. The zero-order valence-electron chi connectivity index (χ0n) is 11.0. The molecule has 0 fully saturated rings. The Labute approximate surface area is 131 Å². The van der Waals surface area contributed by atoms with E-state index in [1.165, 1.54) is 18.2 Å². The predicted octanol–water partition coefficient (Wildman–Crippen LogP) is 2.83. The van der Waals surface area contributed by atoms with Gasteiger partial charge in [0.1, 0.15) is 6.54 Å². The third-order valence-electron chi connectivity index (χ3n) is 2.41. The largest absolute Gasteiger partial charge is 0.480 e. The lowest BCUT2D eigenvalue weighted by molar-refractivity contribution is -0.137. The van der Waals surface area contributed by atoms with Crippen LogP contribution < -0.4 is 0 Å². The highest BCUT2D eigenvalue weighted by Gasteiger charge is 2.27. The van der Waals surface area contributed by atoms with Crippen molar-refractivity contribution in [2.75, 3.05) is 13.1 Å². The number of rotatable bonds is 6. The second-order valence-electron chi connectivity index (χ2n) is 4.66. The molecule has 1 N–H and O–H groups in total. The number of carbonyl (C=O) groups is 1. The van der Waals surface area contributed by atoms with Gasteiger partial charge >= 0.3 is 5.97 Å². The fourth-order valence-electron chi connectivity index (χ4n) is 1.59. The van der Waals surface area contributed by atoms with E-state index in [2.05, 4.69) is 15.9 Å². The standard InChI is InChI=1S/C12H15BrClNO4S/c1-8(2)6-15(7-12(16)17)20(18,19)9-3-4-11(14)10(13)5-9/h3-5,8H,6-7H2,1-2H3,(H,16,17). The molecule has 0 aliphatic heterocycles. The van der Waals surface area contributed by atoms with Crippen LogP contribution in [0.2, 0.25) is 5.02 Å². The van der Waals surface area contributed by atoms with E-state index < -0.39 is 22.5 Å². The van der Waals surface area contributed by atoms with Crippen molar-refractivity contribution in [2.24, 2.45) is 5.92 Å². The zero-order chi connectivity index (χ0) is 15.5. The third kappa shape index (κ3) is 4.44. The van der Waals surface area contributed by atoms with Crippen molar-refractivity contribution >= 4 is 43.5 Å². The molecule has 8 heteroatoms. The highest BCUT2D eigenvalue weighted by Crippen LogP contribution is 2.27. The Morgan fingerprint density at radius 2 is 2.05 bits per heavy atom. The van der Waals surface area contributed by atoms with Gasteiger partial charge in [-0.05, 0) is 40.0 Å². The second-order valence-corrected chi connectivity index (χ2v) is 7.86. The topological polar surface area (TPSA) is 74.7 Å². The summed E-state index contributed by atoms with van der Waals surface area (Å²) in [7, 11) is -3.87. The summed E-state index contributed by atoms with van der Waals surface area (Å²) in [4.78, 5) is 10.9. The fraction of sp³-hybridized carbons (Fsp3) is 0.417. The van der Waals surface area contributed by atoms with E-state index in [-0.39, 0.29) is 17.4 Å². The summed E-state index contributed by atoms with van der Waals surface area (Å²) in [5.41, 5.74) is 0. The van der Waals surface area contributed by atoms with Gasteiger partial charge in [-0.25, -0.2) is 8.42 Å². The quantitative estimate of drug-likeness (QED) is 0.818. The average molecular weight is 385 g/mol. The molecular weight excluding hydrogens is 370 g/mol. The van der Waals surface area contributed by atoms with Crippen molar-refractivity contribution in [3.8, 4) is 0 Å². The summed E-state index contributed by atoms with van der Waals surface area (Å²) in [5.74, 6) is -1.18. The number of hydrogen-bond acceptors (Lipinski definition) is 3. The molecule has 1 aromatic rings. The summed E-state index contributed by atoms with van der Waals surface area (Å²) in [6.07, 6.45) is 0. The van der Waals surface area contributed by atoms with Gasteiger partial charge in [0.25, 0.3) is 0 Å². The molecule has 0 saturated heterocycles. The Balaban J connectivity index is 3.20. The number of nitrogens with zero attached hydrogens (tertiary/aromatic N) is 1. The minimum Gasteiger partial charge on any atom is -0.480 e. The maximum atomic E-state index is 12.5. The smallest absolute Gasteiger partial charge is 0.318 e. The third-order valence-corrected chi connectivity index (χ3v) is 5.43. The van der Waals surface area contributed by atoms with Gasteiger partial charge in [0, 0.05) is 11.0 Å². The van der Waals surface area contributed by atoms with Crippen molar-refractivity contribution in [3.63, 3.8) is 0 Å². The SMILES string of the molecule is CC(C)CN(CC(=O)O)S(=O)(=O)c1ccc(Cl)c(Br)c1. The van der Waals surface area contributed by atoms with Crippen LogP contribution in [0.4, 0.5) is 0 Å². The Kier molecular flexibility index (Phi) is 6.00. The Morgan fingerprint density at radius 3 is 2.50 bits per heavy atom. The van der Waals surface area contributed by atoms with Crippen molar-refractivity contribution in [3.05, 3.63) is 27.7 Å². The minimum absolute atomic E-state index is 0.00988. The molecule has 0 aliphatic rings. The Morgan fingerprint density at radius 1 is 1.45 bits per heavy atom. The van der Waals surface area contributed by atoms with E-state index in [1.807, 2.05) is 13.8 Å². The maximum absolute atomic E-state index is 12.5. The average Bonchev–Trinajstić information content (AvgIpc) is 2.30. The van der Waals surface area contributed by atoms with E-state index in [1.54, 1.807) is 0 Å². The van der Waals surface area contributed by atoms with E-state index in [4.69, 9.17) is 16.7 Å². The van der Waals surface area contributed by atoms with Gasteiger partial charge in [-0.3, -0.25) is 4.79 Å². The summed E-state index contributed by atoms with van der Waals surface area (Å²) in [6, 6.07) is 4.18. The van der Waals surface area contributed by atoms with Gasteiger partial charge in [0.05, 0.1) is 9.92 Å². The molecule has 5 nitrogen and oxygen atoms in total. The van der Waals surface area contributed by atoms with Crippen LogP contribution in [-0.2, 0) is 14.8 Å². The molecule has 20 heavy (non-hydrogen) atoms. The molecule has 112 valence electrons. The first-order chi connectivity index (χ1) is 9.14. The first kappa shape index (κ1) is 17.4. The molecule has 1 aromatic carbocycles. The number of benzene rings is 1. The summed E-state index contributed by atoms with van der Waals surface area (Å²) < 4.78 is 26.3. The molecule has 0 radical (unpaired) electrons. The maximum Gasteiger partial charge on any atom is 0.318 e. The number of hydrogen-bond donors (Lipinski definition) is 1. The highest BCUT2D eigenvalue weighted by atomic mass is 79.9. The first-order valence-corrected chi connectivity index (χ1v) is 8.42. The summed E-state index contributed by atoms with van der Waals surface area (Å²) >= 11 is 8.99. The van der Waals surface area contributed by atoms with E-state index in [9.17, 15) is 13.2 Å². The lowest BCUT2D eigenvalue weighted by atomic mass is 10.2. The highest BCUT2D eigenvalue weighted by molar-refractivity contribution is 9.10. The predicted molar refractivity (Wildman–Crippen MR) is 80.4 cm³/mol. The van der Waals surface area contributed by atoms with Crippen LogP contribution in [0.3, 0.4) is 0 Å². The molecule has 0 atom stereocenters. The normalized spacial score (nSPS) is 12.1. The van der Waals surface area contributed by atoms with Crippen molar-refractivity contribution in [1.82, 2.24) is 4.31 Å². The number of carboxylic acid groups (broad SMARTS) is 1. The van der Waals surface area contributed by atoms with Crippen molar-refractivity contribution in [2.45, 2.75) is 18.7 Å². The van der Waals surface area contributed by atoms with Crippen molar-refractivity contribution in [1.29, 1.82) is 0 Å². The Bertz CT molecular complexity index is 603. The van der Waals surface area contributed by atoms with Gasteiger partial charge in [0.15, 0.2) is 0 Å². The van der Waals surface area contributed by atoms with Crippen LogP contribution in [0.5, 0.6) is 0 Å². The molecule has 0 heterocycles. The van der Waals surface area contributed by atoms with E-state index in [0.717, 1.165) is 4.31 Å². The number of carboxylic acids is 1. The number of sulfonamides is 1. The van der Waals surface area contributed by atoms with Crippen LogP contribution >= 0.6 is 27.5 Å². The lowest BCUT2D eigenvalue weighted by Crippen LogP contribution is -2.38. The van der Waals surface area contributed by atoms with Crippen LogP contribution in [-0.4, -0.2) is 36.9 Å². The number of aliphatic carboxylic acids is 1. The van der Waals surface area contributed by atoms with Gasteiger partial charge < -0.3 is 5.11 Å². The molecule has 0 aromatic heterocycles. The molecular formula is C12H15BrClNO4S. The fourth-order valence-corrected chi connectivity index (χ4v) is 3.82. The lowest BCUT2D eigenvalue weighted by Gasteiger charge is -2.22. The number of halogens is 2. The van der Waals surface area contributed by atoms with Gasteiger partial charge in [-0.2, -0.15) is 4.31 Å². The molecule has 0 amide bonds. The minimum atomic E-state index is -3.87. The van der Waals surface area contributed by atoms with Crippen LogP contribution in [0, 0.1) is 5.92 Å². The molecule has 0 unspecified atom stereocenters. The van der Waals surface area contributed by atoms with Crippen molar-refractivity contribution < 1.29 is 18.3 Å². The summed E-state index contributed by atoms with van der Waals surface area (Å²) in [5, 5.41) is 9.26. The molecule has 0 aliphatic carbocycles. The zero-order valence-corrected chi connectivity index (χ0v) is 14.2. The summed E-state index contributed by atoms with van der Waals surface area (Å²) in [6.45, 7) is 3.21. The first-order valence-electron chi connectivity index (χ1n) is 5.81.